The van der Waals surface area contributed by atoms with Crippen molar-refractivity contribution in [1.29, 1.82) is 0 Å². The van der Waals surface area contributed by atoms with Crippen molar-refractivity contribution in [3.8, 4) is 16.3 Å². The van der Waals surface area contributed by atoms with E-state index in [1.807, 2.05) is 19.9 Å². The average molecular weight is 255 g/mol. The lowest BCUT2D eigenvalue weighted by Gasteiger charge is -2.09. The highest BCUT2D eigenvalue weighted by molar-refractivity contribution is 7.13. The van der Waals surface area contributed by atoms with Crippen LogP contribution in [0.1, 0.15) is 13.8 Å². The molecule has 0 spiro atoms. The molecule has 0 saturated carbocycles. The summed E-state index contributed by atoms with van der Waals surface area (Å²) in [4.78, 5) is 8.31. The number of halogens is 1. The Morgan fingerprint density at radius 2 is 2.19 bits per heavy atom. The van der Waals surface area contributed by atoms with Gasteiger partial charge >= 0.3 is 0 Å². The normalized spacial score (nSPS) is 10.8. The van der Waals surface area contributed by atoms with Crippen LogP contribution in [-0.2, 0) is 0 Å². The summed E-state index contributed by atoms with van der Waals surface area (Å²) in [5, 5.41) is 3.16. The summed E-state index contributed by atoms with van der Waals surface area (Å²) in [6.07, 6.45) is 3.58. The summed E-state index contributed by atoms with van der Waals surface area (Å²) in [5.41, 5.74) is 0.926. The number of ether oxygens (including phenoxy) is 1. The Morgan fingerprint density at radius 1 is 1.38 bits per heavy atom. The molecule has 0 radical (unpaired) electrons. The van der Waals surface area contributed by atoms with E-state index in [1.165, 1.54) is 11.3 Å². The van der Waals surface area contributed by atoms with Crippen LogP contribution in [0.4, 0.5) is 0 Å². The van der Waals surface area contributed by atoms with Gasteiger partial charge < -0.3 is 4.74 Å². The molecule has 0 aromatic carbocycles. The molecule has 0 bridgehead atoms. The SMILES string of the molecule is CC(C)Oc1cncc(-c2nc(Cl)cs2)c1. The minimum absolute atomic E-state index is 0.136. The van der Waals surface area contributed by atoms with Crippen LogP contribution in [0.3, 0.4) is 0 Å². The van der Waals surface area contributed by atoms with E-state index in [4.69, 9.17) is 16.3 Å². The fraction of sp³-hybridized carbons (Fsp3) is 0.273. The Balaban J connectivity index is 2.28. The second kappa shape index (κ2) is 4.80. The number of aromatic nitrogens is 2. The zero-order valence-electron chi connectivity index (χ0n) is 8.98. The summed E-state index contributed by atoms with van der Waals surface area (Å²) >= 11 is 7.27. The van der Waals surface area contributed by atoms with Gasteiger partial charge in [-0.3, -0.25) is 4.98 Å². The van der Waals surface area contributed by atoms with E-state index < -0.39 is 0 Å². The molecule has 0 N–H and O–H groups in total. The number of rotatable bonds is 3. The number of pyridine rings is 1. The van der Waals surface area contributed by atoms with Crippen LogP contribution in [0.2, 0.25) is 5.15 Å². The van der Waals surface area contributed by atoms with Gasteiger partial charge in [-0.15, -0.1) is 11.3 Å². The van der Waals surface area contributed by atoms with Gasteiger partial charge in [0.05, 0.1) is 12.3 Å². The molecule has 0 atom stereocenters. The lowest BCUT2D eigenvalue weighted by molar-refractivity contribution is 0.241. The molecule has 2 aromatic heterocycles. The summed E-state index contributed by atoms with van der Waals surface area (Å²) in [6, 6.07) is 1.92. The minimum Gasteiger partial charge on any atom is -0.489 e. The number of hydrogen-bond acceptors (Lipinski definition) is 4. The smallest absolute Gasteiger partial charge is 0.140 e. The molecule has 2 rings (SSSR count). The molecule has 0 aliphatic heterocycles. The lowest BCUT2D eigenvalue weighted by Crippen LogP contribution is -2.05. The predicted octanol–water partition coefficient (Wildman–Crippen LogP) is 3.65. The van der Waals surface area contributed by atoms with Crippen molar-refractivity contribution in [2.45, 2.75) is 20.0 Å². The maximum absolute atomic E-state index is 5.78. The molecule has 0 fully saturated rings. The Labute approximate surface area is 103 Å². The fourth-order valence-corrected chi connectivity index (χ4v) is 2.19. The molecule has 3 nitrogen and oxygen atoms in total. The van der Waals surface area contributed by atoms with Gasteiger partial charge in [0.2, 0.25) is 0 Å². The molecule has 0 aliphatic carbocycles. The molecule has 2 heterocycles. The highest BCUT2D eigenvalue weighted by Crippen LogP contribution is 2.27. The Kier molecular flexibility index (Phi) is 3.41. The van der Waals surface area contributed by atoms with Crippen molar-refractivity contribution in [3.05, 3.63) is 29.0 Å². The number of nitrogens with zero attached hydrogens (tertiary/aromatic N) is 2. The van der Waals surface area contributed by atoms with Crippen LogP contribution in [-0.4, -0.2) is 16.1 Å². The van der Waals surface area contributed by atoms with Crippen molar-refractivity contribution in [1.82, 2.24) is 9.97 Å². The zero-order chi connectivity index (χ0) is 11.5. The van der Waals surface area contributed by atoms with E-state index in [9.17, 15) is 0 Å². The maximum Gasteiger partial charge on any atom is 0.140 e. The van der Waals surface area contributed by atoms with Gasteiger partial charge in [0, 0.05) is 17.1 Å². The van der Waals surface area contributed by atoms with Crippen LogP contribution in [0.15, 0.2) is 23.8 Å². The molecule has 0 saturated heterocycles. The van der Waals surface area contributed by atoms with Gasteiger partial charge in [-0.1, -0.05) is 11.6 Å². The van der Waals surface area contributed by atoms with Gasteiger partial charge in [0.15, 0.2) is 0 Å². The monoisotopic (exact) mass is 254 g/mol. The maximum atomic E-state index is 5.78. The van der Waals surface area contributed by atoms with Crippen molar-refractivity contribution in [2.24, 2.45) is 0 Å². The Bertz CT molecular complexity index is 484. The zero-order valence-corrected chi connectivity index (χ0v) is 10.5. The molecule has 0 amide bonds. The molecular weight excluding hydrogens is 244 g/mol. The first-order valence-electron chi connectivity index (χ1n) is 4.88. The molecule has 0 aliphatic rings. The third-order valence-electron chi connectivity index (χ3n) is 1.81. The van der Waals surface area contributed by atoms with Crippen LogP contribution in [0.25, 0.3) is 10.6 Å². The van der Waals surface area contributed by atoms with Crippen LogP contribution < -0.4 is 4.74 Å². The van der Waals surface area contributed by atoms with Gasteiger partial charge in [-0.05, 0) is 19.9 Å². The summed E-state index contributed by atoms with van der Waals surface area (Å²) in [5.74, 6) is 0.749. The number of thiazole rings is 1. The van der Waals surface area contributed by atoms with Crippen LogP contribution >= 0.6 is 22.9 Å². The van der Waals surface area contributed by atoms with E-state index in [0.29, 0.717) is 5.15 Å². The van der Waals surface area contributed by atoms with Crippen molar-refractivity contribution >= 4 is 22.9 Å². The van der Waals surface area contributed by atoms with E-state index >= 15 is 0 Å². The van der Waals surface area contributed by atoms with Gasteiger partial charge in [-0.25, -0.2) is 4.98 Å². The highest BCUT2D eigenvalue weighted by atomic mass is 35.5. The van der Waals surface area contributed by atoms with E-state index in [-0.39, 0.29) is 6.10 Å². The van der Waals surface area contributed by atoms with Crippen molar-refractivity contribution in [2.75, 3.05) is 0 Å². The quantitative estimate of drug-likeness (QED) is 0.839. The second-order valence-electron chi connectivity index (χ2n) is 3.55. The predicted molar refractivity (Wildman–Crippen MR) is 66.1 cm³/mol. The minimum atomic E-state index is 0.136. The molecule has 84 valence electrons. The third kappa shape index (κ3) is 2.71. The van der Waals surface area contributed by atoms with Crippen LogP contribution in [0, 0.1) is 0 Å². The highest BCUT2D eigenvalue weighted by Gasteiger charge is 2.06. The number of hydrogen-bond donors (Lipinski definition) is 0. The summed E-state index contributed by atoms with van der Waals surface area (Å²) in [7, 11) is 0. The lowest BCUT2D eigenvalue weighted by atomic mass is 10.3. The first-order valence-corrected chi connectivity index (χ1v) is 6.14. The second-order valence-corrected chi connectivity index (χ2v) is 4.80. The largest absolute Gasteiger partial charge is 0.489 e. The van der Waals surface area contributed by atoms with Gasteiger partial charge in [0.25, 0.3) is 0 Å². The average Bonchev–Trinajstić information content (AvgIpc) is 2.64. The molecule has 5 heteroatoms. The fourth-order valence-electron chi connectivity index (χ4n) is 1.26. The van der Waals surface area contributed by atoms with Crippen molar-refractivity contribution in [3.63, 3.8) is 0 Å². The molecule has 2 aromatic rings. The first kappa shape index (κ1) is 11.4. The molecule has 0 unspecified atom stereocenters. The Morgan fingerprint density at radius 3 is 2.81 bits per heavy atom. The summed E-state index contributed by atoms with van der Waals surface area (Å²) in [6.45, 7) is 3.96. The van der Waals surface area contributed by atoms with E-state index in [0.717, 1.165) is 16.3 Å². The first-order chi connectivity index (χ1) is 7.65. The van der Waals surface area contributed by atoms with Gasteiger partial charge in [-0.2, -0.15) is 0 Å². The standard InChI is InChI=1S/C11H11ClN2OS/c1-7(2)15-9-3-8(4-13-5-9)11-14-10(12)6-16-11/h3-7H,1-2H3. The summed E-state index contributed by atoms with van der Waals surface area (Å²) < 4.78 is 5.56. The Hall–Kier alpha value is -1.13. The third-order valence-corrected chi connectivity index (χ3v) is 3.02. The van der Waals surface area contributed by atoms with Gasteiger partial charge in [0.1, 0.15) is 15.9 Å². The molecular formula is C11H11ClN2OS. The topological polar surface area (TPSA) is 35.0 Å². The van der Waals surface area contributed by atoms with E-state index in [2.05, 4.69) is 9.97 Å². The van der Waals surface area contributed by atoms with E-state index in [1.54, 1.807) is 17.8 Å². The van der Waals surface area contributed by atoms with Crippen molar-refractivity contribution < 1.29 is 4.74 Å². The molecule has 16 heavy (non-hydrogen) atoms. The van der Waals surface area contributed by atoms with Crippen LogP contribution in [0.5, 0.6) is 5.75 Å².